The maximum absolute atomic E-state index is 9.52. The first-order valence-corrected chi connectivity index (χ1v) is 47.2. The Morgan fingerprint density at radius 3 is 1.07 bits per heavy atom. The fourth-order valence-electron chi connectivity index (χ4n) is 12.3. The normalized spacial score (nSPS) is 10.1. The smallest absolute Gasteiger partial charge is 0.145 e. The van der Waals surface area contributed by atoms with Gasteiger partial charge in [0.25, 0.3) is 0 Å². The molecule has 11 rings (SSSR count). The summed E-state index contributed by atoms with van der Waals surface area (Å²) in [5.74, 6) is 0. The summed E-state index contributed by atoms with van der Waals surface area (Å²) in [4.78, 5) is 0. The molecule has 0 spiro atoms. The first-order chi connectivity index (χ1) is 60.2. The van der Waals surface area contributed by atoms with Crippen LogP contribution in [0.4, 0.5) is 0 Å². The molecule has 11 N–H and O–H groups in total. The standard InChI is InChI=1S/7C9H13NOS.4C8H11NOS/c1-3-4-8-5-9(12)10(11)6-7(8)2;1-3-4-8-6-10(11)9(12)5-7(8)2;1-3-4-8-5-7(2)9(12)10(11)6-8;1-3-4-8-5-7(2)6-10(11)9(8)12;1-3-4-8-5-6-10(11)9(12)7(8)2;1-3-4-8-6-5-7(2)10(11)9(8)12;1-3-4-8-6-5-7(2)9(12)10(8)11;1-3-7-5-9(10)8(11)4-6(7)2;1-3-7-4-6(2)5-9(10)8(7)11;1-3-7-4-5-9(10)8(11)6(7)2;1-3-7-5-4-6(2)9(10)8(7)11/h7*5-6,11H,3-4H2,1-2H3;4*4-5,10H,3H2,1-2H3. The zero-order chi connectivity index (χ0) is 97.7. The molecule has 0 fully saturated rings. The molecule has 33 heteroatoms. The van der Waals surface area contributed by atoms with Gasteiger partial charge >= 0.3 is 0 Å². The molecule has 11 aromatic rings. The third kappa shape index (κ3) is 38.9. The Balaban J connectivity index is 0.000000704. The van der Waals surface area contributed by atoms with E-state index >= 15 is 0 Å². The molecule has 11 aromatic heterocycles. The minimum atomic E-state index is 0.458. The van der Waals surface area contributed by atoms with Crippen molar-refractivity contribution >= 4 is 134 Å². The Hall–Kier alpha value is -9.13. The fraction of sp³-hybridized carbons (Fsp3) is 0.421. The van der Waals surface area contributed by atoms with Crippen LogP contribution >= 0.6 is 134 Å². The van der Waals surface area contributed by atoms with Gasteiger partial charge in [-0.2, -0.15) is 52.0 Å². The van der Waals surface area contributed by atoms with Gasteiger partial charge in [0.15, 0.2) is 0 Å². The van der Waals surface area contributed by atoms with Crippen molar-refractivity contribution in [3.05, 3.63) is 308 Å². The van der Waals surface area contributed by atoms with Crippen molar-refractivity contribution in [1.29, 1.82) is 0 Å². The highest BCUT2D eigenvalue weighted by molar-refractivity contribution is 7.73. The average molecular weight is 1960 g/mol. The van der Waals surface area contributed by atoms with Gasteiger partial charge in [0.1, 0.15) is 51.0 Å². The second kappa shape index (κ2) is 60.7. The summed E-state index contributed by atoms with van der Waals surface area (Å²) in [5.41, 5.74) is 23.0. The average Bonchev–Trinajstić information content (AvgIpc) is 0.846. The van der Waals surface area contributed by atoms with Crippen molar-refractivity contribution in [2.45, 2.75) is 268 Å². The molecular formula is C95H135N11O11S11. The highest BCUT2D eigenvalue weighted by atomic mass is 32.1. The van der Waals surface area contributed by atoms with Crippen LogP contribution in [0, 0.1) is 127 Å². The van der Waals surface area contributed by atoms with Crippen LogP contribution in [-0.4, -0.2) is 109 Å². The molecule has 702 valence electrons. The van der Waals surface area contributed by atoms with Crippen molar-refractivity contribution < 1.29 is 57.3 Å². The lowest BCUT2D eigenvalue weighted by Gasteiger charge is -2.06. The number of hydrogen-bond acceptors (Lipinski definition) is 22. The van der Waals surface area contributed by atoms with E-state index in [0.717, 1.165) is 274 Å². The van der Waals surface area contributed by atoms with Crippen LogP contribution in [0.25, 0.3) is 0 Å². The van der Waals surface area contributed by atoms with Crippen LogP contribution in [-0.2, 0) is 70.6 Å². The molecular weight excluding hydrogens is 1820 g/mol. The molecule has 0 saturated carbocycles. The number of rotatable bonds is 18. The van der Waals surface area contributed by atoms with E-state index in [1.807, 2.05) is 176 Å². The highest BCUT2D eigenvalue weighted by Crippen LogP contribution is 2.18. The predicted octanol–water partition coefficient (Wildman–Crippen LogP) is 28.3. The van der Waals surface area contributed by atoms with Gasteiger partial charge in [-0.25, -0.2) is 0 Å². The maximum atomic E-state index is 9.52. The van der Waals surface area contributed by atoms with Crippen molar-refractivity contribution in [3.63, 3.8) is 0 Å². The molecule has 0 amide bonds. The molecule has 0 aliphatic rings. The quantitative estimate of drug-likeness (QED) is 0.0281. The van der Waals surface area contributed by atoms with Gasteiger partial charge in [0, 0.05) is 49.6 Å². The van der Waals surface area contributed by atoms with E-state index in [9.17, 15) is 46.9 Å². The fourth-order valence-corrected chi connectivity index (χ4v) is 14.7. The van der Waals surface area contributed by atoms with Gasteiger partial charge < -0.3 is 57.3 Å². The van der Waals surface area contributed by atoms with Gasteiger partial charge in [-0.1, -0.05) is 292 Å². The zero-order valence-electron chi connectivity index (χ0n) is 78.3. The predicted molar refractivity (Wildman–Crippen MR) is 545 cm³/mol. The summed E-state index contributed by atoms with van der Waals surface area (Å²) in [6.45, 7) is 44.1. The molecule has 0 atom stereocenters. The van der Waals surface area contributed by atoms with Crippen LogP contribution < -0.4 is 0 Å². The zero-order valence-corrected chi connectivity index (χ0v) is 87.2. The summed E-state index contributed by atoms with van der Waals surface area (Å²) in [6.07, 6.45) is 30.9. The number of aromatic nitrogens is 11. The Bertz CT molecular complexity index is 6020. The Morgan fingerprint density at radius 2 is 0.602 bits per heavy atom. The van der Waals surface area contributed by atoms with Crippen molar-refractivity contribution in [3.8, 4) is 0 Å². The van der Waals surface area contributed by atoms with Crippen molar-refractivity contribution in [1.82, 2.24) is 52.0 Å². The van der Waals surface area contributed by atoms with Gasteiger partial charge in [0.05, 0.1) is 17.1 Å². The van der Waals surface area contributed by atoms with E-state index in [0.29, 0.717) is 51.0 Å². The topological polar surface area (TPSA) is 277 Å². The first-order valence-electron chi connectivity index (χ1n) is 42.7. The van der Waals surface area contributed by atoms with Gasteiger partial charge in [0.2, 0.25) is 0 Å². The van der Waals surface area contributed by atoms with Crippen molar-refractivity contribution in [2.75, 3.05) is 0 Å². The summed E-state index contributed by atoms with van der Waals surface area (Å²) in [7, 11) is 0. The van der Waals surface area contributed by atoms with Crippen LogP contribution in [0.15, 0.2) is 135 Å². The van der Waals surface area contributed by atoms with E-state index in [4.69, 9.17) is 145 Å². The minimum absolute atomic E-state index is 0.458. The number of aryl methyl sites for hydroxylation is 20. The Kier molecular flexibility index (Phi) is 55.4. The van der Waals surface area contributed by atoms with E-state index in [1.54, 1.807) is 55.6 Å². The van der Waals surface area contributed by atoms with Crippen molar-refractivity contribution in [2.24, 2.45) is 0 Å². The van der Waals surface area contributed by atoms with E-state index < -0.39 is 0 Å². The molecule has 22 nitrogen and oxygen atoms in total. The molecule has 0 saturated heterocycles. The lowest BCUT2D eigenvalue weighted by Crippen LogP contribution is -2.04. The summed E-state index contributed by atoms with van der Waals surface area (Å²) in [5, 5.41) is 102. The van der Waals surface area contributed by atoms with Gasteiger partial charge in [-0.05, 0) is 301 Å². The molecule has 11 heterocycles. The lowest BCUT2D eigenvalue weighted by molar-refractivity contribution is 0.169. The second-order valence-electron chi connectivity index (χ2n) is 30.3. The summed E-state index contributed by atoms with van der Waals surface area (Å²) < 4.78 is 16.8. The SMILES string of the molecule is CCCc1cc(=S)n(O)cc1C.CCCc1cc(C)c(=S)n(O)c1.CCCc1cc(C)cn(O)c1=S.CCCc1ccc(C)c(=S)n1O.CCCc1ccc(C)n(O)c1=S.CCCc1ccn(O)c(=S)c1C.CCCc1cn(O)c(=S)cc1C.CCc1cc(C)cn(O)c1=S.CCc1ccc(C)n(O)c1=S.CCc1ccn(O)c(=S)c1C.CCc1cn(O)c(=S)cc1C. The lowest BCUT2D eigenvalue weighted by atomic mass is 10.1. The number of hydrogen-bond donors (Lipinski definition) is 11. The largest absolute Gasteiger partial charge is 0.428 e. The Morgan fingerprint density at radius 1 is 0.227 bits per heavy atom. The molecule has 0 unspecified atom stereocenters. The number of nitrogens with zero attached hydrogens (tertiary/aromatic N) is 11. The second-order valence-corrected chi connectivity index (χ2v) is 34.7. The molecule has 0 radical (unpaired) electrons. The summed E-state index contributed by atoms with van der Waals surface area (Å²) in [6, 6.07) is 26.8. The highest BCUT2D eigenvalue weighted by Gasteiger charge is 2.08. The molecule has 0 bridgehead atoms. The third-order valence-electron chi connectivity index (χ3n) is 19.7. The Labute approximate surface area is 813 Å². The van der Waals surface area contributed by atoms with E-state index in [1.165, 1.54) is 16.7 Å². The maximum Gasteiger partial charge on any atom is 0.145 e. The first kappa shape index (κ1) is 117. The monoisotopic (exact) mass is 1960 g/mol. The van der Waals surface area contributed by atoms with E-state index in [2.05, 4.69) is 55.4 Å². The molecule has 0 aliphatic heterocycles. The van der Waals surface area contributed by atoms with Gasteiger partial charge in [-0.15, -0.1) is 0 Å². The minimum Gasteiger partial charge on any atom is -0.428 e. The van der Waals surface area contributed by atoms with E-state index in [-0.39, 0.29) is 0 Å². The molecule has 0 aliphatic carbocycles. The molecule has 0 aromatic carbocycles. The van der Waals surface area contributed by atoms with Crippen LogP contribution in [0.2, 0.25) is 0 Å². The molecule has 128 heavy (non-hydrogen) atoms. The summed E-state index contributed by atoms with van der Waals surface area (Å²) >= 11 is 54.7. The number of pyridine rings is 11. The van der Waals surface area contributed by atoms with Crippen LogP contribution in [0.5, 0.6) is 0 Å². The third-order valence-corrected chi connectivity index (χ3v) is 24.4. The van der Waals surface area contributed by atoms with Crippen LogP contribution in [0.3, 0.4) is 0 Å². The van der Waals surface area contributed by atoms with Crippen LogP contribution in [0.1, 0.15) is 244 Å². The van der Waals surface area contributed by atoms with Gasteiger partial charge in [-0.3, -0.25) is 0 Å².